The first-order chi connectivity index (χ1) is 7.99. The molecule has 0 N–H and O–H groups in total. The predicted molar refractivity (Wildman–Crippen MR) is 63.0 cm³/mol. The Balaban J connectivity index is 2.54. The van der Waals surface area contributed by atoms with E-state index in [4.69, 9.17) is 0 Å². The Morgan fingerprint density at radius 2 is 2.00 bits per heavy atom. The average molecular weight is 232 g/mol. The molecule has 2 rings (SSSR count). The highest BCUT2D eigenvalue weighted by Crippen LogP contribution is 2.17. The molecule has 0 amide bonds. The number of benzene rings is 1. The number of carbonyl (C=O) groups is 1. The molecule has 0 unspecified atom stereocenters. The fraction of sp³-hybridized carbons (Fsp3) is 0.231. The van der Waals surface area contributed by atoms with Crippen LogP contribution in [0.1, 0.15) is 28.7 Å². The van der Waals surface area contributed by atoms with Crippen LogP contribution in [0, 0.1) is 19.7 Å². The normalized spacial score (nSPS) is 10.6. The van der Waals surface area contributed by atoms with Crippen LogP contribution in [0.5, 0.6) is 0 Å². The van der Waals surface area contributed by atoms with Gasteiger partial charge in [0.1, 0.15) is 11.5 Å². The Morgan fingerprint density at radius 1 is 1.29 bits per heavy atom. The first kappa shape index (κ1) is 11.5. The molecule has 1 aromatic heterocycles. The van der Waals surface area contributed by atoms with Crippen molar-refractivity contribution in [2.24, 2.45) is 0 Å². The van der Waals surface area contributed by atoms with E-state index in [1.165, 1.54) is 17.7 Å². The van der Waals surface area contributed by atoms with Crippen molar-refractivity contribution in [3.05, 3.63) is 47.0 Å². The van der Waals surface area contributed by atoms with Gasteiger partial charge in [0.2, 0.25) is 0 Å². The molecular formula is C13H13FN2O. The Labute approximate surface area is 98.9 Å². The van der Waals surface area contributed by atoms with Crippen LogP contribution in [-0.4, -0.2) is 15.6 Å². The maximum Gasteiger partial charge on any atom is 0.159 e. The van der Waals surface area contributed by atoms with Crippen LogP contribution in [0.3, 0.4) is 0 Å². The van der Waals surface area contributed by atoms with Gasteiger partial charge in [-0.1, -0.05) is 0 Å². The molecule has 0 radical (unpaired) electrons. The zero-order valence-corrected chi connectivity index (χ0v) is 9.99. The second-order valence-electron chi connectivity index (χ2n) is 4.06. The third kappa shape index (κ3) is 2.11. The van der Waals surface area contributed by atoms with Gasteiger partial charge in [0.25, 0.3) is 0 Å². The highest BCUT2D eigenvalue weighted by Gasteiger charge is 2.11. The van der Waals surface area contributed by atoms with E-state index in [2.05, 4.69) is 5.10 Å². The third-order valence-corrected chi connectivity index (χ3v) is 2.59. The van der Waals surface area contributed by atoms with E-state index >= 15 is 0 Å². The van der Waals surface area contributed by atoms with E-state index in [-0.39, 0.29) is 5.78 Å². The van der Waals surface area contributed by atoms with Gasteiger partial charge in [-0.05, 0) is 45.0 Å². The molecule has 0 aliphatic carbocycles. The molecule has 88 valence electrons. The first-order valence-corrected chi connectivity index (χ1v) is 5.33. The summed E-state index contributed by atoms with van der Waals surface area (Å²) >= 11 is 0. The van der Waals surface area contributed by atoms with Crippen LogP contribution in [0.4, 0.5) is 4.39 Å². The lowest BCUT2D eigenvalue weighted by Gasteiger charge is -2.06. The SMILES string of the molecule is CC(=O)c1ccc(-n2nc(C)cc2C)c(F)c1. The molecule has 0 saturated carbocycles. The second-order valence-corrected chi connectivity index (χ2v) is 4.06. The quantitative estimate of drug-likeness (QED) is 0.746. The van der Waals surface area contributed by atoms with Crippen LogP contribution < -0.4 is 0 Å². The Kier molecular flexibility index (Phi) is 2.79. The van der Waals surface area contributed by atoms with Crippen molar-refractivity contribution in [1.82, 2.24) is 9.78 Å². The van der Waals surface area contributed by atoms with Crippen molar-refractivity contribution < 1.29 is 9.18 Å². The molecular weight excluding hydrogens is 219 g/mol. The van der Waals surface area contributed by atoms with Gasteiger partial charge >= 0.3 is 0 Å². The number of halogens is 1. The summed E-state index contributed by atoms with van der Waals surface area (Å²) in [6, 6.07) is 6.30. The van der Waals surface area contributed by atoms with Crippen LogP contribution >= 0.6 is 0 Å². The Hall–Kier alpha value is -1.97. The summed E-state index contributed by atoms with van der Waals surface area (Å²) in [5.41, 5.74) is 2.42. The summed E-state index contributed by atoms with van der Waals surface area (Å²) in [6.07, 6.45) is 0. The first-order valence-electron chi connectivity index (χ1n) is 5.33. The molecule has 0 bridgehead atoms. The van der Waals surface area contributed by atoms with E-state index < -0.39 is 5.82 Å². The second kappa shape index (κ2) is 4.13. The minimum atomic E-state index is -0.441. The van der Waals surface area contributed by atoms with E-state index in [0.29, 0.717) is 11.3 Å². The highest BCUT2D eigenvalue weighted by molar-refractivity contribution is 5.94. The molecule has 3 nitrogen and oxygen atoms in total. The van der Waals surface area contributed by atoms with E-state index in [1.54, 1.807) is 12.1 Å². The molecule has 0 spiro atoms. The lowest BCUT2D eigenvalue weighted by molar-refractivity contribution is 0.101. The number of aryl methyl sites for hydroxylation is 2. The Morgan fingerprint density at radius 3 is 2.47 bits per heavy atom. The Bertz CT molecular complexity index is 587. The van der Waals surface area contributed by atoms with E-state index in [9.17, 15) is 9.18 Å². The van der Waals surface area contributed by atoms with E-state index in [1.807, 2.05) is 19.9 Å². The van der Waals surface area contributed by atoms with Gasteiger partial charge in [-0.2, -0.15) is 5.10 Å². The fourth-order valence-corrected chi connectivity index (χ4v) is 1.77. The molecule has 1 aromatic carbocycles. The lowest BCUT2D eigenvalue weighted by atomic mass is 10.1. The van der Waals surface area contributed by atoms with E-state index in [0.717, 1.165) is 11.4 Å². The number of hydrogen-bond acceptors (Lipinski definition) is 2. The molecule has 2 aromatic rings. The minimum Gasteiger partial charge on any atom is -0.295 e. The predicted octanol–water partition coefficient (Wildman–Crippen LogP) is 2.83. The monoisotopic (exact) mass is 232 g/mol. The fourth-order valence-electron chi connectivity index (χ4n) is 1.77. The van der Waals surface area contributed by atoms with Crippen LogP contribution in [0.25, 0.3) is 5.69 Å². The summed E-state index contributed by atoms with van der Waals surface area (Å²) in [6.45, 7) is 5.13. The van der Waals surface area contributed by atoms with Gasteiger partial charge in [-0.15, -0.1) is 0 Å². The molecule has 0 aliphatic heterocycles. The topological polar surface area (TPSA) is 34.9 Å². The maximum absolute atomic E-state index is 13.9. The number of carbonyl (C=O) groups excluding carboxylic acids is 1. The number of rotatable bonds is 2. The largest absolute Gasteiger partial charge is 0.295 e. The van der Waals surface area contributed by atoms with Gasteiger partial charge in [-0.25, -0.2) is 9.07 Å². The molecule has 0 saturated heterocycles. The van der Waals surface area contributed by atoms with Crippen molar-refractivity contribution in [3.63, 3.8) is 0 Å². The molecule has 17 heavy (non-hydrogen) atoms. The summed E-state index contributed by atoms with van der Waals surface area (Å²) in [5.74, 6) is -0.590. The van der Waals surface area contributed by atoms with Crippen LogP contribution in [0.2, 0.25) is 0 Å². The smallest absolute Gasteiger partial charge is 0.159 e. The average Bonchev–Trinajstić information content (AvgIpc) is 2.57. The number of aromatic nitrogens is 2. The maximum atomic E-state index is 13.9. The van der Waals surface area contributed by atoms with Crippen molar-refractivity contribution in [3.8, 4) is 5.69 Å². The minimum absolute atomic E-state index is 0.149. The van der Waals surface area contributed by atoms with Crippen molar-refractivity contribution in [2.45, 2.75) is 20.8 Å². The molecule has 0 aliphatic rings. The van der Waals surface area contributed by atoms with Crippen molar-refractivity contribution in [1.29, 1.82) is 0 Å². The molecule has 0 fully saturated rings. The van der Waals surface area contributed by atoms with Crippen molar-refractivity contribution >= 4 is 5.78 Å². The van der Waals surface area contributed by atoms with Gasteiger partial charge in [0, 0.05) is 11.3 Å². The van der Waals surface area contributed by atoms with Crippen LogP contribution in [-0.2, 0) is 0 Å². The van der Waals surface area contributed by atoms with Crippen LogP contribution in [0.15, 0.2) is 24.3 Å². The lowest BCUT2D eigenvalue weighted by Crippen LogP contribution is -2.04. The zero-order valence-electron chi connectivity index (χ0n) is 9.99. The molecule has 0 atom stereocenters. The van der Waals surface area contributed by atoms with Gasteiger partial charge in [0.15, 0.2) is 5.78 Å². The highest BCUT2D eigenvalue weighted by atomic mass is 19.1. The number of hydrogen-bond donors (Lipinski definition) is 0. The summed E-state index contributed by atoms with van der Waals surface area (Å²) in [7, 11) is 0. The molecule has 1 heterocycles. The number of Topliss-reactive ketones (excluding diaryl/α,β-unsaturated/α-hetero) is 1. The van der Waals surface area contributed by atoms with Gasteiger partial charge in [0.05, 0.1) is 5.69 Å². The van der Waals surface area contributed by atoms with Crippen molar-refractivity contribution in [2.75, 3.05) is 0 Å². The standard InChI is InChI=1S/C13H13FN2O/c1-8-6-9(2)16(15-8)13-5-4-11(10(3)17)7-12(13)14/h4-7H,1-3H3. The number of ketones is 1. The zero-order chi connectivity index (χ0) is 12.6. The molecule has 4 heteroatoms. The van der Waals surface area contributed by atoms with Gasteiger partial charge < -0.3 is 0 Å². The summed E-state index contributed by atoms with van der Waals surface area (Å²) in [5, 5.41) is 4.21. The third-order valence-electron chi connectivity index (χ3n) is 2.59. The van der Waals surface area contributed by atoms with Gasteiger partial charge in [-0.3, -0.25) is 4.79 Å². The number of nitrogens with zero attached hydrogens (tertiary/aromatic N) is 2. The summed E-state index contributed by atoms with van der Waals surface area (Å²) < 4.78 is 15.4. The summed E-state index contributed by atoms with van der Waals surface area (Å²) in [4.78, 5) is 11.1.